The fraction of sp³-hybridized carbons (Fsp3) is 0.233. The first kappa shape index (κ1) is 26.5. The van der Waals surface area contributed by atoms with Gasteiger partial charge in [-0.1, -0.05) is 73.3 Å². The van der Waals surface area contributed by atoms with E-state index in [1.807, 2.05) is 67.6 Å². The zero-order valence-electron chi connectivity index (χ0n) is 21.5. The number of aromatic nitrogens is 2. The van der Waals surface area contributed by atoms with Gasteiger partial charge in [-0.3, -0.25) is 9.59 Å². The number of hydrogen-bond donors (Lipinski definition) is 0. The van der Waals surface area contributed by atoms with Crippen LogP contribution in [0.3, 0.4) is 0 Å². The lowest BCUT2D eigenvalue weighted by Crippen LogP contribution is -2.55. The first-order chi connectivity index (χ1) is 18.4. The Labute approximate surface area is 222 Å². The Bertz CT molecular complexity index is 1360. The number of piperazine rings is 1. The number of amides is 2. The summed E-state index contributed by atoms with van der Waals surface area (Å²) < 4.78 is 5.25. The topological polar surface area (TPSA) is 92.7 Å². The van der Waals surface area contributed by atoms with Crippen molar-refractivity contribution < 1.29 is 19.1 Å². The van der Waals surface area contributed by atoms with Crippen LogP contribution >= 0.6 is 0 Å². The smallest absolute Gasteiger partial charge is 0.342 e. The van der Waals surface area contributed by atoms with E-state index >= 15 is 0 Å². The van der Waals surface area contributed by atoms with E-state index < -0.39 is 11.9 Å². The van der Waals surface area contributed by atoms with Gasteiger partial charge in [-0.15, -0.1) is 0 Å². The van der Waals surface area contributed by atoms with Crippen LogP contribution in [-0.4, -0.2) is 69.8 Å². The Morgan fingerprint density at radius 1 is 1.03 bits per heavy atom. The summed E-state index contributed by atoms with van der Waals surface area (Å²) >= 11 is 0. The molecule has 1 aliphatic heterocycles. The summed E-state index contributed by atoms with van der Waals surface area (Å²) in [4.78, 5) is 51.9. The molecule has 0 radical (unpaired) electrons. The van der Waals surface area contributed by atoms with Gasteiger partial charge in [0.15, 0.2) is 5.82 Å². The molecular formula is C30H30N4O4. The number of rotatable bonds is 7. The number of esters is 1. The van der Waals surface area contributed by atoms with Crippen LogP contribution in [0, 0.1) is 6.92 Å². The fourth-order valence-electron chi connectivity index (χ4n) is 4.34. The molecule has 2 heterocycles. The highest BCUT2D eigenvalue weighted by molar-refractivity contribution is 6.05. The minimum atomic E-state index is -0.682. The first-order valence-electron chi connectivity index (χ1n) is 12.4. The maximum absolute atomic E-state index is 13.8. The fourth-order valence-corrected chi connectivity index (χ4v) is 4.34. The Morgan fingerprint density at radius 2 is 1.71 bits per heavy atom. The standard InChI is InChI=1S/C30H30N4O4/c1-4-19-38-30(37)26-22(3)31-28(24-13-9-6-10-14-24)32-27(26)29(36)33-17-18-34(21(2)20-33)25(35)16-15-23-11-7-5-8-12-23/h4-16,21H,1,17-20H2,2-3H3. The van der Waals surface area contributed by atoms with E-state index in [-0.39, 0.29) is 29.8 Å². The van der Waals surface area contributed by atoms with Crippen LogP contribution in [0.2, 0.25) is 0 Å². The zero-order chi connectivity index (χ0) is 27.1. The minimum absolute atomic E-state index is 0.000654. The molecule has 2 aromatic carbocycles. The van der Waals surface area contributed by atoms with Crippen LogP contribution in [0.5, 0.6) is 0 Å². The van der Waals surface area contributed by atoms with E-state index in [0.29, 0.717) is 31.2 Å². The van der Waals surface area contributed by atoms with Gasteiger partial charge in [0.1, 0.15) is 17.9 Å². The Kier molecular flexibility index (Phi) is 8.43. The lowest BCUT2D eigenvalue weighted by atomic mass is 10.1. The summed E-state index contributed by atoms with van der Waals surface area (Å²) in [6.45, 7) is 8.09. The van der Waals surface area contributed by atoms with Gasteiger partial charge in [0, 0.05) is 37.3 Å². The van der Waals surface area contributed by atoms with Gasteiger partial charge in [-0.2, -0.15) is 0 Å². The normalized spacial score (nSPS) is 15.4. The summed E-state index contributed by atoms with van der Waals surface area (Å²) in [5, 5.41) is 0. The SMILES string of the molecule is C=CCOC(=O)c1c(C)nc(-c2ccccc2)nc1C(=O)N1CCN(C(=O)C=Cc2ccccc2)C(C)C1. The molecule has 194 valence electrons. The average Bonchev–Trinajstić information content (AvgIpc) is 2.94. The monoisotopic (exact) mass is 510 g/mol. The lowest BCUT2D eigenvalue weighted by Gasteiger charge is -2.39. The molecule has 0 aliphatic carbocycles. The van der Waals surface area contributed by atoms with Gasteiger partial charge in [-0.05, 0) is 25.5 Å². The predicted octanol–water partition coefficient (Wildman–Crippen LogP) is 4.18. The van der Waals surface area contributed by atoms with Crippen molar-refractivity contribution in [1.29, 1.82) is 0 Å². The Morgan fingerprint density at radius 3 is 2.37 bits per heavy atom. The molecule has 1 fully saturated rings. The van der Waals surface area contributed by atoms with Crippen LogP contribution in [0.15, 0.2) is 79.4 Å². The largest absolute Gasteiger partial charge is 0.458 e. The number of benzene rings is 2. The molecule has 1 aromatic heterocycles. The van der Waals surface area contributed by atoms with Crippen LogP contribution in [0.25, 0.3) is 17.5 Å². The summed E-state index contributed by atoms with van der Waals surface area (Å²) in [6.07, 6.45) is 4.79. The van der Waals surface area contributed by atoms with Gasteiger partial charge >= 0.3 is 5.97 Å². The second-order valence-corrected chi connectivity index (χ2v) is 8.99. The van der Waals surface area contributed by atoms with Gasteiger partial charge in [0.25, 0.3) is 5.91 Å². The van der Waals surface area contributed by atoms with Gasteiger partial charge in [-0.25, -0.2) is 14.8 Å². The summed E-state index contributed by atoms with van der Waals surface area (Å²) in [5.74, 6) is -0.860. The summed E-state index contributed by atoms with van der Waals surface area (Å²) in [5.41, 5.74) is 2.04. The third kappa shape index (κ3) is 6.03. The molecular weight excluding hydrogens is 480 g/mol. The number of nitrogens with zero attached hydrogens (tertiary/aromatic N) is 4. The Hall–Kier alpha value is -4.59. The molecule has 1 saturated heterocycles. The van der Waals surface area contributed by atoms with Crippen molar-refractivity contribution in [2.24, 2.45) is 0 Å². The number of ether oxygens (including phenoxy) is 1. The van der Waals surface area contributed by atoms with Gasteiger partial charge in [0.2, 0.25) is 5.91 Å². The molecule has 1 aliphatic rings. The van der Waals surface area contributed by atoms with Gasteiger partial charge in [0.05, 0.1) is 5.69 Å². The molecule has 2 amide bonds. The molecule has 1 unspecified atom stereocenters. The average molecular weight is 511 g/mol. The molecule has 8 heteroatoms. The first-order valence-corrected chi connectivity index (χ1v) is 12.4. The van der Waals surface area contributed by atoms with Crippen molar-refractivity contribution in [1.82, 2.24) is 19.8 Å². The predicted molar refractivity (Wildman–Crippen MR) is 145 cm³/mol. The van der Waals surface area contributed by atoms with Crippen LogP contribution in [-0.2, 0) is 9.53 Å². The second kappa shape index (κ2) is 12.1. The number of carbonyl (C=O) groups is 3. The number of hydrogen-bond acceptors (Lipinski definition) is 6. The second-order valence-electron chi connectivity index (χ2n) is 8.99. The lowest BCUT2D eigenvalue weighted by molar-refractivity contribution is -0.129. The van der Waals surface area contributed by atoms with Crippen molar-refractivity contribution in [2.75, 3.05) is 26.2 Å². The van der Waals surface area contributed by atoms with Crippen LogP contribution in [0.4, 0.5) is 0 Å². The number of carbonyl (C=O) groups excluding carboxylic acids is 3. The molecule has 8 nitrogen and oxygen atoms in total. The van der Waals surface area contributed by atoms with Crippen LogP contribution < -0.4 is 0 Å². The van der Waals surface area contributed by atoms with Crippen molar-refractivity contribution >= 4 is 23.9 Å². The molecule has 0 spiro atoms. The van der Waals surface area contributed by atoms with Crippen molar-refractivity contribution in [3.8, 4) is 11.4 Å². The highest BCUT2D eigenvalue weighted by Crippen LogP contribution is 2.22. The third-order valence-corrected chi connectivity index (χ3v) is 6.28. The number of aryl methyl sites for hydroxylation is 1. The van der Waals surface area contributed by atoms with Gasteiger partial charge < -0.3 is 14.5 Å². The highest BCUT2D eigenvalue weighted by Gasteiger charge is 2.33. The van der Waals surface area contributed by atoms with Crippen molar-refractivity contribution in [3.63, 3.8) is 0 Å². The molecule has 0 bridgehead atoms. The molecule has 0 N–H and O–H groups in total. The van der Waals surface area contributed by atoms with Crippen LogP contribution in [0.1, 0.15) is 39.0 Å². The van der Waals surface area contributed by atoms with Crippen molar-refractivity contribution in [3.05, 3.63) is 102 Å². The molecule has 0 saturated carbocycles. The summed E-state index contributed by atoms with van der Waals surface area (Å²) in [6, 6.07) is 18.6. The molecule has 38 heavy (non-hydrogen) atoms. The maximum atomic E-state index is 13.8. The molecule has 1 atom stereocenters. The maximum Gasteiger partial charge on any atom is 0.342 e. The zero-order valence-corrected chi connectivity index (χ0v) is 21.5. The minimum Gasteiger partial charge on any atom is -0.458 e. The van der Waals surface area contributed by atoms with E-state index in [2.05, 4.69) is 16.5 Å². The third-order valence-electron chi connectivity index (χ3n) is 6.28. The van der Waals surface area contributed by atoms with E-state index in [1.165, 1.54) is 6.08 Å². The molecule has 4 rings (SSSR count). The molecule has 3 aromatic rings. The van der Waals surface area contributed by atoms with E-state index in [0.717, 1.165) is 11.1 Å². The highest BCUT2D eigenvalue weighted by atomic mass is 16.5. The van der Waals surface area contributed by atoms with E-state index in [1.54, 1.807) is 28.9 Å². The Balaban J connectivity index is 1.57. The quantitative estimate of drug-likeness (QED) is 0.269. The van der Waals surface area contributed by atoms with Crippen molar-refractivity contribution in [2.45, 2.75) is 19.9 Å². The van der Waals surface area contributed by atoms with E-state index in [4.69, 9.17) is 4.74 Å². The van der Waals surface area contributed by atoms with E-state index in [9.17, 15) is 14.4 Å². The summed E-state index contributed by atoms with van der Waals surface area (Å²) in [7, 11) is 0.